The molecule has 4 aromatic rings. The number of carbonyl (C=O) groups excluding carboxylic acids is 1. The molecule has 11 heteroatoms. The summed E-state index contributed by atoms with van der Waals surface area (Å²) in [5.41, 5.74) is 1.88. The van der Waals surface area contributed by atoms with Gasteiger partial charge in [0.15, 0.2) is 10.8 Å². The number of hydrogen-bond donors (Lipinski definition) is 2. The number of anilines is 1. The van der Waals surface area contributed by atoms with E-state index in [0.29, 0.717) is 47.4 Å². The SMILES string of the molecule is CCn1cc(C(=O)NCCn2ncc3c(NCC(C)C)nc(SC)nc32)c(=O)c2ccc(C)nc21. The number of rotatable bonds is 9. The number of thioether (sulfide) groups is 1. The Labute approximate surface area is 207 Å². The number of nitrogens with zero attached hydrogens (tertiary/aromatic N) is 6. The van der Waals surface area contributed by atoms with Crippen molar-refractivity contribution in [3.63, 3.8) is 0 Å². The molecule has 184 valence electrons. The minimum atomic E-state index is -0.421. The summed E-state index contributed by atoms with van der Waals surface area (Å²) in [6, 6.07) is 3.51. The summed E-state index contributed by atoms with van der Waals surface area (Å²) in [6.07, 6.45) is 5.25. The van der Waals surface area contributed by atoms with Crippen LogP contribution < -0.4 is 16.1 Å². The van der Waals surface area contributed by atoms with E-state index in [9.17, 15) is 9.59 Å². The molecule has 2 N–H and O–H groups in total. The quantitative estimate of drug-likeness (QED) is 0.269. The van der Waals surface area contributed by atoms with Crippen molar-refractivity contribution in [1.82, 2.24) is 34.6 Å². The van der Waals surface area contributed by atoms with Crippen LogP contribution in [0, 0.1) is 12.8 Å². The number of carbonyl (C=O) groups is 1. The molecule has 0 unspecified atom stereocenters. The Bertz CT molecular complexity index is 1440. The standard InChI is InChI=1S/C24H30N8O2S/c1-6-31-13-18(19(33)16-8-7-15(4)28-21(16)31)23(34)25-9-10-32-22-17(12-27-32)20(26-11-14(2)3)29-24(30-22)35-5/h7-8,12-14H,6,9-11H2,1-5H3,(H,25,34)(H,26,29,30). The predicted octanol–water partition coefficient (Wildman–Crippen LogP) is 3.08. The summed E-state index contributed by atoms with van der Waals surface area (Å²) in [4.78, 5) is 39.6. The Morgan fingerprint density at radius 2 is 1.94 bits per heavy atom. The van der Waals surface area contributed by atoms with Gasteiger partial charge in [-0.3, -0.25) is 9.59 Å². The molecule has 0 radical (unpaired) electrons. The summed E-state index contributed by atoms with van der Waals surface area (Å²) in [7, 11) is 0. The van der Waals surface area contributed by atoms with Gasteiger partial charge in [-0.05, 0) is 38.2 Å². The first-order chi connectivity index (χ1) is 16.8. The largest absolute Gasteiger partial charge is 0.369 e. The second-order valence-corrected chi connectivity index (χ2v) is 9.45. The van der Waals surface area contributed by atoms with Crippen LogP contribution in [0.3, 0.4) is 0 Å². The predicted molar refractivity (Wildman–Crippen MR) is 139 cm³/mol. The molecule has 10 nitrogen and oxygen atoms in total. The van der Waals surface area contributed by atoms with Gasteiger partial charge in [-0.25, -0.2) is 19.6 Å². The average molecular weight is 495 g/mol. The van der Waals surface area contributed by atoms with Crippen molar-refractivity contribution in [2.45, 2.75) is 45.9 Å². The maximum Gasteiger partial charge on any atom is 0.256 e. The van der Waals surface area contributed by atoms with Crippen molar-refractivity contribution in [3.05, 3.63) is 46.0 Å². The monoisotopic (exact) mass is 494 g/mol. The lowest BCUT2D eigenvalue weighted by Crippen LogP contribution is -2.32. The van der Waals surface area contributed by atoms with E-state index in [0.717, 1.165) is 23.4 Å². The first kappa shape index (κ1) is 24.6. The third-order valence-electron chi connectivity index (χ3n) is 5.59. The molecule has 0 bridgehead atoms. The van der Waals surface area contributed by atoms with Crippen LogP contribution in [0.15, 0.2) is 34.5 Å². The molecular formula is C24H30N8O2S. The fraction of sp³-hybridized carbons (Fsp3) is 0.417. The average Bonchev–Trinajstić information content (AvgIpc) is 3.25. The van der Waals surface area contributed by atoms with Gasteiger partial charge in [0, 0.05) is 31.5 Å². The lowest BCUT2D eigenvalue weighted by Gasteiger charge is -2.12. The third kappa shape index (κ3) is 5.14. The molecule has 0 aliphatic heterocycles. The van der Waals surface area contributed by atoms with Crippen molar-refractivity contribution < 1.29 is 4.79 Å². The molecule has 1 amide bonds. The van der Waals surface area contributed by atoms with Crippen LogP contribution in [0.2, 0.25) is 0 Å². The van der Waals surface area contributed by atoms with Crippen LogP contribution in [0.25, 0.3) is 22.1 Å². The zero-order valence-corrected chi connectivity index (χ0v) is 21.4. The number of fused-ring (bicyclic) bond motifs is 2. The smallest absolute Gasteiger partial charge is 0.256 e. The molecule has 0 aliphatic rings. The lowest BCUT2D eigenvalue weighted by molar-refractivity contribution is 0.0950. The highest BCUT2D eigenvalue weighted by molar-refractivity contribution is 7.98. The Hall–Kier alpha value is -3.47. The molecule has 4 aromatic heterocycles. The second-order valence-electron chi connectivity index (χ2n) is 8.68. The normalized spacial score (nSPS) is 11.5. The van der Waals surface area contributed by atoms with Crippen molar-refractivity contribution >= 4 is 45.6 Å². The minimum absolute atomic E-state index is 0.0995. The van der Waals surface area contributed by atoms with Crippen LogP contribution in [-0.4, -0.2) is 54.6 Å². The molecule has 0 aliphatic carbocycles. The van der Waals surface area contributed by atoms with E-state index in [1.165, 1.54) is 11.8 Å². The minimum Gasteiger partial charge on any atom is -0.369 e. The summed E-state index contributed by atoms with van der Waals surface area (Å²) in [5.74, 6) is 0.800. The molecule has 0 atom stereocenters. The Morgan fingerprint density at radius 1 is 1.14 bits per heavy atom. The van der Waals surface area contributed by atoms with Crippen molar-refractivity contribution in [2.75, 3.05) is 24.7 Å². The lowest BCUT2D eigenvalue weighted by atomic mass is 10.1. The summed E-state index contributed by atoms with van der Waals surface area (Å²) in [5, 5.41) is 12.6. The highest BCUT2D eigenvalue weighted by atomic mass is 32.2. The number of amides is 1. The van der Waals surface area contributed by atoms with Gasteiger partial charge in [-0.1, -0.05) is 25.6 Å². The first-order valence-electron chi connectivity index (χ1n) is 11.6. The van der Waals surface area contributed by atoms with E-state index in [4.69, 9.17) is 0 Å². The highest BCUT2D eigenvalue weighted by Gasteiger charge is 2.17. The number of pyridine rings is 2. The van der Waals surface area contributed by atoms with Gasteiger partial charge < -0.3 is 15.2 Å². The molecule has 4 heterocycles. The Balaban J connectivity index is 1.54. The van der Waals surface area contributed by atoms with Crippen molar-refractivity contribution in [2.24, 2.45) is 5.92 Å². The van der Waals surface area contributed by atoms with Crippen molar-refractivity contribution in [1.29, 1.82) is 0 Å². The fourth-order valence-corrected chi connectivity index (χ4v) is 4.12. The van der Waals surface area contributed by atoms with E-state index < -0.39 is 5.91 Å². The fourth-order valence-electron chi connectivity index (χ4n) is 3.76. The van der Waals surface area contributed by atoms with Gasteiger partial charge in [0.2, 0.25) is 5.43 Å². The number of nitrogens with one attached hydrogen (secondary N) is 2. The maximum absolute atomic E-state index is 13.0. The van der Waals surface area contributed by atoms with E-state index in [2.05, 4.69) is 44.5 Å². The molecule has 4 rings (SSSR count). The Morgan fingerprint density at radius 3 is 2.66 bits per heavy atom. The van der Waals surface area contributed by atoms with Gasteiger partial charge in [0.05, 0.1) is 23.5 Å². The van der Waals surface area contributed by atoms with Crippen molar-refractivity contribution in [3.8, 4) is 0 Å². The first-order valence-corrected chi connectivity index (χ1v) is 12.8. The molecule has 0 aromatic carbocycles. The van der Waals surface area contributed by atoms with Gasteiger partial charge in [-0.2, -0.15) is 5.10 Å². The van der Waals surface area contributed by atoms with Crippen LogP contribution in [-0.2, 0) is 13.1 Å². The van der Waals surface area contributed by atoms with Gasteiger partial charge >= 0.3 is 0 Å². The van der Waals surface area contributed by atoms with E-state index in [1.54, 1.807) is 29.2 Å². The molecular weight excluding hydrogens is 464 g/mol. The maximum atomic E-state index is 13.0. The summed E-state index contributed by atoms with van der Waals surface area (Å²) >= 11 is 1.46. The summed E-state index contributed by atoms with van der Waals surface area (Å²) in [6.45, 7) is 10.2. The number of hydrogen-bond acceptors (Lipinski definition) is 8. The van der Waals surface area contributed by atoms with E-state index in [-0.39, 0.29) is 11.0 Å². The summed E-state index contributed by atoms with van der Waals surface area (Å²) < 4.78 is 3.57. The van der Waals surface area contributed by atoms with Crippen LogP contribution in [0.4, 0.5) is 5.82 Å². The highest BCUT2D eigenvalue weighted by Crippen LogP contribution is 2.23. The molecule has 0 saturated heterocycles. The molecule has 0 spiro atoms. The van der Waals surface area contributed by atoms with Crippen LogP contribution in [0.1, 0.15) is 36.8 Å². The van der Waals surface area contributed by atoms with E-state index in [1.807, 2.05) is 24.7 Å². The Kier molecular flexibility index (Phi) is 7.34. The van der Waals surface area contributed by atoms with Gasteiger partial charge in [0.25, 0.3) is 5.91 Å². The number of aromatic nitrogens is 6. The zero-order valence-electron chi connectivity index (χ0n) is 20.6. The topological polar surface area (TPSA) is 120 Å². The van der Waals surface area contributed by atoms with Crippen LogP contribution >= 0.6 is 11.8 Å². The van der Waals surface area contributed by atoms with E-state index >= 15 is 0 Å². The van der Waals surface area contributed by atoms with Gasteiger partial charge in [0.1, 0.15) is 17.0 Å². The third-order valence-corrected chi connectivity index (χ3v) is 6.14. The molecule has 0 saturated carbocycles. The molecule has 35 heavy (non-hydrogen) atoms. The van der Waals surface area contributed by atoms with Crippen LogP contribution in [0.5, 0.6) is 0 Å². The number of aryl methyl sites for hydroxylation is 2. The molecule has 0 fully saturated rings. The zero-order chi connectivity index (χ0) is 25.1. The second kappa shape index (κ2) is 10.4. The van der Waals surface area contributed by atoms with Gasteiger partial charge in [-0.15, -0.1) is 0 Å².